The first-order valence-electron chi connectivity index (χ1n) is 5.09. The van der Waals surface area contributed by atoms with Gasteiger partial charge in [0, 0.05) is 25.8 Å². The third-order valence-electron chi connectivity index (χ3n) is 2.68. The summed E-state index contributed by atoms with van der Waals surface area (Å²) in [6.07, 6.45) is 0. The Morgan fingerprint density at radius 2 is 2.06 bits per heavy atom. The lowest BCUT2D eigenvalue weighted by atomic mass is 10.2. The molecule has 0 fully saturated rings. The van der Waals surface area contributed by atoms with Crippen molar-refractivity contribution in [1.82, 2.24) is 4.57 Å². The number of benzene rings is 1. The molecule has 0 aliphatic heterocycles. The molecule has 94 valence electrons. The molecule has 2 rings (SSSR count). The molecule has 1 heterocycles. The minimum Gasteiger partial charge on any atom is -0.408 e. The Hall–Kier alpha value is -2.57. The number of anilines is 1. The van der Waals surface area contributed by atoms with Crippen LogP contribution in [0.25, 0.3) is 11.1 Å². The second kappa shape index (κ2) is 4.02. The number of rotatable bonds is 1. The maximum atomic E-state index is 11.4. The highest BCUT2D eigenvalue weighted by Crippen LogP contribution is 2.20. The fourth-order valence-electron chi connectivity index (χ4n) is 1.61. The molecule has 0 bridgehead atoms. The molecule has 0 saturated carbocycles. The van der Waals surface area contributed by atoms with Crippen LogP contribution in [0.15, 0.2) is 27.4 Å². The van der Waals surface area contributed by atoms with Crippen molar-refractivity contribution in [2.75, 3.05) is 11.9 Å². The van der Waals surface area contributed by atoms with Crippen molar-refractivity contribution in [2.45, 2.75) is 0 Å². The zero-order valence-corrected chi connectivity index (χ0v) is 9.84. The first-order chi connectivity index (χ1) is 8.41. The van der Waals surface area contributed by atoms with Gasteiger partial charge in [-0.1, -0.05) is 0 Å². The highest BCUT2D eigenvalue weighted by atomic mass is 16.4. The van der Waals surface area contributed by atoms with Crippen LogP contribution in [0.3, 0.4) is 0 Å². The van der Waals surface area contributed by atoms with E-state index in [2.05, 4.69) is 0 Å². The first kappa shape index (κ1) is 11.9. The summed E-state index contributed by atoms with van der Waals surface area (Å²) in [6, 6.07) is 4.72. The normalized spacial score (nSPS) is 10.6. The lowest BCUT2D eigenvalue weighted by molar-refractivity contribution is -0.135. The van der Waals surface area contributed by atoms with Gasteiger partial charge in [-0.3, -0.25) is 14.2 Å². The summed E-state index contributed by atoms with van der Waals surface area (Å²) in [4.78, 5) is 34.6. The van der Waals surface area contributed by atoms with Crippen LogP contribution in [0, 0.1) is 0 Å². The summed E-state index contributed by atoms with van der Waals surface area (Å²) in [7, 11) is 2.99. The second-order valence-corrected chi connectivity index (χ2v) is 3.81. The highest BCUT2D eigenvalue weighted by molar-refractivity contribution is 6.39. The monoisotopic (exact) mass is 249 g/mol. The minimum atomic E-state index is -1.05. The van der Waals surface area contributed by atoms with E-state index in [0.717, 1.165) is 4.90 Å². The Balaban J connectivity index is 2.51. The van der Waals surface area contributed by atoms with Crippen molar-refractivity contribution in [1.29, 1.82) is 0 Å². The number of amides is 2. The van der Waals surface area contributed by atoms with E-state index in [1.54, 1.807) is 19.2 Å². The molecular formula is C11H11N3O4. The molecule has 0 unspecified atom stereocenters. The predicted molar refractivity (Wildman–Crippen MR) is 64.1 cm³/mol. The van der Waals surface area contributed by atoms with E-state index in [1.807, 2.05) is 0 Å². The molecule has 1 aromatic carbocycles. The van der Waals surface area contributed by atoms with E-state index in [-0.39, 0.29) is 0 Å². The minimum absolute atomic E-state index is 0.337. The Kier molecular flexibility index (Phi) is 2.66. The maximum absolute atomic E-state index is 11.4. The summed E-state index contributed by atoms with van der Waals surface area (Å²) in [5.74, 6) is -2.38. The molecular weight excluding hydrogens is 238 g/mol. The quantitative estimate of drug-likeness (QED) is 0.694. The van der Waals surface area contributed by atoms with E-state index in [1.165, 1.54) is 17.7 Å². The SMILES string of the molecule is CN(C(=O)C(N)=O)c1ccc2c(c1)oc(=O)n2C. The second-order valence-electron chi connectivity index (χ2n) is 3.81. The van der Waals surface area contributed by atoms with Crippen LogP contribution >= 0.6 is 0 Å². The summed E-state index contributed by atoms with van der Waals surface area (Å²) in [6.45, 7) is 0. The molecule has 7 nitrogen and oxygen atoms in total. The number of nitrogens with two attached hydrogens (primary N) is 1. The van der Waals surface area contributed by atoms with Crippen LogP contribution < -0.4 is 16.4 Å². The summed E-state index contributed by atoms with van der Waals surface area (Å²) < 4.78 is 6.33. The molecule has 2 N–H and O–H groups in total. The van der Waals surface area contributed by atoms with Gasteiger partial charge in [0.1, 0.15) is 0 Å². The topological polar surface area (TPSA) is 98.5 Å². The number of nitrogens with zero attached hydrogens (tertiary/aromatic N) is 2. The smallest absolute Gasteiger partial charge is 0.408 e. The summed E-state index contributed by atoms with van der Waals surface area (Å²) in [5, 5.41) is 0. The van der Waals surface area contributed by atoms with Gasteiger partial charge in [-0.2, -0.15) is 0 Å². The van der Waals surface area contributed by atoms with Gasteiger partial charge >= 0.3 is 17.6 Å². The van der Waals surface area contributed by atoms with Crippen molar-refractivity contribution in [2.24, 2.45) is 12.8 Å². The molecule has 0 radical (unpaired) electrons. The third-order valence-corrected chi connectivity index (χ3v) is 2.68. The van der Waals surface area contributed by atoms with Crippen molar-refractivity contribution in [3.05, 3.63) is 28.7 Å². The number of aromatic nitrogens is 1. The number of primary amides is 1. The van der Waals surface area contributed by atoms with E-state index >= 15 is 0 Å². The Morgan fingerprint density at radius 3 is 2.67 bits per heavy atom. The summed E-state index contributed by atoms with van der Waals surface area (Å²) >= 11 is 0. The van der Waals surface area contributed by atoms with Crippen molar-refractivity contribution < 1.29 is 14.0 Å². The van der Waals surface area contributed by atoms with Crippen molar-refractivity contribution in [3.63, 3.8) is 0 Å². The fourth-order valence-corrected chi connectivity index (χ4v) is 1.61. The van der Waals surface area contributed by atoms with Crippen LogP contribution in [0.5, 0.6) is 0 Å². The van der Waals surface area contributed by atoms with Gasteiger partial charge in [0.25, 0.3) is 0 Å². The molecule has 18 heavy (non-hydrogen) atoms. The number of likely N-dealkylation sites (N-methyl/N-ethyl adjacent to an activating group) is 1. The van der Waals surface area contributed by atoms with Gasteiger partial charge in [0.05, 0.1) is 5.52 Å². The highest BCUT2D eigenvalue weighted by Gasteiger charge is 2.17. The average Bonchev–Trinajstić information content (AvgIpc) is 2.62. The molecule has 0 aliphatic carbocycles. The van der Waals surface area contributed by atoms with Crippen LogP contribution in [0.4, 0.5) is 5.69 Å². The molecule has 2 aromatic rings. The van der Waals surface area contributed by atoms with E-state index < -0.39 is 17.6 Å². The van der Waals surface area contributed by atoms with Gasteiger partial charge in [-0.15, -0.1) is 0 Å². The summed E-state index contributed by atoms with van der Waals surface area (Å²) in [5.41, 5.74) is 6.26. The van der Waals surface area contributed by atoms with Crippen LogP contribution in [0.2, 0.25) is 0 Å². The van der Waals surface area contributed by atoms with Gasteiger partial charge in [0.2, 0.25) is 0 Å². The molecule has 1 aromatic heterocycles. The van der Waals surface area contributed by atoms with Crippen molar-refractivity contribution >= 4 is 28.6 Å². The number of aryl methyl sites for hydroxylation is 1. The van der Waals surface area contributed by atoms with Gasteiger partial charge in [0.15, 0.2) is 5.58 Å². The van der Waals surface area contributed by atoms with E-state index in [9.17, 15) is 14.4 Å². The van der Waals surface area contributed by atoms with Crippen LogP contribution in [-0.4, -0.2) is 23.4 Å². The number of hydrogen-bond acceptors (Lipinski definition) is 4. The van der Waals surface area contributed by atoms with Crippen molar-refractivity contribution in [3.8, 4) is 0 Å². The number of carbonyl (C=O) groups is 2. The van der Waals surface area contributed by atoms with Gasteiger partial charge in [-0.25, -0.2) is 4.79 Å². The molecule has 7 heteroatoms. The largest absolute Gasteiger partial charge is 0.419 e. The number of oxazole rings is 1. The lowest BCUT2D eigenvalue weighted by Gasteiger charge is -2.14. The number of hydrogen-bond donors (Lipinski definition) is 1. The van der Waals surface area contributed by atoms with Gasteiger partial charge < -0.3 is 15.1 Å². The lowest BCUT2D eigenvalue weighted by Crippen LogP contribution is -2.37. The Labute approximate surface area is 101 Å². The molecule has 0 atom stereocenters. The van der Waals surface area contributed by atoms with Crippen LogP contribution in [-0.2, 0) is 16.6 Å². The zero-order valence-electron chi connectivity index (χ0n) is 9.84. The molecule has 0 aliphatic rings. The number of carbonyl (C=O) groups excluding carboxylic acids is 2. The van der Waals surface area contributed by atoms with E-state index in [0.29, 0.717) is 16.8 Å². The Bertz CT molecular complexity index is 698. The van der Waals surface area contributed by atoms with E-state index in [4.69, 9.17) is 10.2 Å². The molecule has 0 saturated heterocycles. The third kappa shape index (κ3) is 1.75. The average molecular weight is 249 g/mol. The van der Waals surface area contributed by atoms with Crippen LogP contribution in [0.1, 0.15) is 0 Å². The first-order valence-corrected chi connectivity index (χ1v) is 5.09. The van der Waals surface area contributed by atoms with Gasteiger partial charge in [-0.05, 0) is 12.1 Å². The predicted octanol–water partition coefficient (Wildman–Crippen LogP) is -0.420. The fraction of sp³-hybridized carbons (Fsp3) is 0.182. The standard InChI is InChI=1S/C11H11N3O4/c1-13(10(16)9(12)15)6-3-4-7-8(5-6)18-11(17)14(7)2/h3-5H,1-2H3,(H2,12,15). The molecule has 2 amide bonds. The zero-order chi connectivity index (χ0) is 13.4. The Morgan fingerprint density at radius 1 is 1.39 bits per heavy atom. The number of fused-ring (bicyclic) bond motifs is 1. The molecule has 0 spiro atoms. The maximum Gasteiger partial charge on any atom is 0.419 e.